The van der Waals surface area contributed by atoms with Crippen LogP contribution in [0, 0.1) is 11.8 Å². The molecule has 0 saturated carbocycles. The lowest BCUT2D eigenvalue weighted by atomic mass is 9.76. The van der Waals surface area contributed by atoms with Gasteiger partial charge in [-0.15, -0.1) is 0 Å². The van der Waals surface area contributed by atoms with E-state index in [0.717, 1.165) is 22.6 Å². The molecule has 2 saturated heterocycles. The first-order valence-corrected chi connectivity index (χ1v) is 14.4. The van der Waals surface area contributed by atoms with E-state index in [-0.39, 0.29) is 42.1 Å². The van der Waals surface area contributed by atoms with E-state index >= 15 is 0 Å². The molecule has 4 atom stereocenters. The average molecular weight is 520 g/mol. The minimum atomic E-state index is -3.05. The molecule has 0 bridgehead atoms. The molecule has 6 nitrogen and oxygen atoms in total. The number of benzene rings is 2. The van der Waals surface area contributed by atoms with Crippen molar-refractivity contribution >= 4 is 27.3 Å². The summed E-state index contributed by atoms with van der Waals surface area (Å²) in [5, 5.41) is 0.780. The van der Waals surface area contributed by atoms with E-state index in [1.165, 1.54) is 4.90 Å². The first kappa shape index (κ1) is 26.0. The molecule has 35 heavy (non-hydrogen) atoms. The van der Waals surface area contributed by atoms with Gasteiger partial charge in [-0.25, -0.2) is 8.42 Å². The van der Waals surface area contributed by atoms with Crippen LogP contribution in [0.1, 0.15) is 49.8 Å². The topological polar surface area (TPSA) is 72.9 Å². The van der Waals surface area contributed by atoms with Gasteiger partial charge in [0.25, 0.3) is 5.91 Å². The minimum Gasteiger partial charge on any atom is -0.484 e. The molecule has 0 radical (unpaired) electrons. The van der Waals surface area contributed by atoms with Crippen molar-refractivity contribution in [2.24, 2.45) is 11.8 Å². The lowest BCUT2D eigenvalue weighted by Gasteiger charge is -2.39. The fraction of sp³-hybridized carbons (Fsp3) is 0.519. The summed E-state index contributed by atoms with van der Waals surface area (Å²) in [6, 6.07) is 15.4. The van der Waals surface area contributed by atoms with Crippen molar-refractivity contribution in [3.63, 3.8) is 0 Å². The van der Waals surface area contributed by atoms with Gasteiger partial charge in [0.05, 0.1) is 24.2 Å². The number of hydrogen-bond donors (Lipinski definition) is 0. The molecule has 8 heteroatoms. The molecule has 190 valence electrons. The average Bonchev–Trinajstić information content (AvgIpc) is 3.21. The van der Waals surface area contributed by atoms with E-state index in [0.29, 0.717) is 30.6 Å². The zero-order valence-electron chi connectivity index (χ0n) is 20.5. The van der Waals surface area contributed by atoms with E-state index in [9.17, 15) is 13.2 Å². The van der Waals surface area contributed by atoms with Crippen LogP contribution in [0.5, 0.6) is 5.75 Å². The number of ether oxygens (including phenoxy) is 2. The van der Waals surface area contributed by atoms with Crippen molar-refractivity contribution < 1.29 is 22.7 Å². The van der Waals surface area contributed by atoms with Crippen LogP contribution in [0.15, 0.2) is 48.5 Å². The summed E-state index contributed by atoms with van der Waals surface area (Å²) in [5.74, 6) is 1.49. The maximum absolute atomic E-state index is 12.6. The number of rotatable bonds is 7. The Hall–Kier alpha value is -2.09. The van der Waals surface area contributed by atoms with Crippen LogP contribution in [0.25, 0.3) is 0 Å². The van der Waals surface area contributed by atoms with Gasteiger partial charge in [0.2, 0.25) is 0 Å². The highest BCUT2D eigenvalue weighted by molar-refractivity contribution is 7.91. The van der Waals surface area contributed by atoms with Crippen molar-refractivity contribution in [2.75, 3.05) is 31.8 Å². The maximum atomic E-state index is 12.6. The summed E-state index contributed by atoms with van der Waals surface area (Å²) >= 11 is 6.46. The fourth-order valence-electron chi connectivity index (χ4n) is 5.16. The summed E-state index contributed by atoms with van der Waals surface area (Å²) in [6.45, 7) is 4.89. The second-order valence-electron chi connectivity index (χ2n) is 10.0. The van der Waals surface area contributed by atoms with Crippen molar-refractivity contribution in [1.29, 1.82) is 0 Å². The van der Waals surface area contributed by atoms with Gasteiger partial charge in [-0.05, 0) is 54.0 Å². The molecule has 0 spiro atoms. The maximum Gasteiger partial charge on any atom is 0.260 e. The lowest BCUT2D eigenvalue weighted by molar-refractivity contribution is -0.133. The summed E-state index contributed by atoms with van der Waals surface area (Å²) < 4.78 is 35.7. The van der Waals surface area contributed by atoms with Crippen molar-refractivity contribution in [1.82, 2.24) is 4.90 Å². The predicted molar refractivity (Wildman–Crippen MR) is 138 cm³/mol. The van der Waals surface area contributed by atoms with Crippen LogP contribution < -0.4 is 4.74 Å². The van der Waals surface area contributed by atoms with E-state index in [1.807, 2.05) is 42.5 Å². The molecule has 2 fully saturated rings. The highest BCUT2D eigenvalue weighted by Gasteiger charge is 2.36. The number of hydrogen-bond acceptors (Lipinski definition) is 5. The van der Waals surface area contributed by atoms with E-state index in [1.54, 1.807) is 7.05 Å². The Labute approximate surface area is 213 Å². The van der Waals surface area contributed by atoms with E-state index in [2.05, 4.69) is 19.9 Å². The molecule has 0 aliphatic carbocycles. The predicted octanol–water partition coefficient (Wildman–Crippen LogP) is 4.88. The monoisotopic (exact) mass is 519 g/mol. The lowest BCUT2D eigenvalue weighted by Crippen LogP contribution is -2.40. The van der Waals surface area contributed by atoms with Gasteiger partial charge in [-0.2, -0.15) is 0 Å². The molecule has 4 rings (SSSR count). The highest BCUT2D eigenvalue weighted by Crippen LogP contribution is 2.45. The highest BCUT2D eigenvalue weighted by atomic mass is 35.5. The van der Waals surface area contributed by atoms with Crippen LogP contribution in [0.2, 0.25) is 5.02 Å². The number of likely N-dealkylation sites (N-methyl/N-ethyl adjacent to an activating group) is 1. The second-order valence-corrected chi connectivity index (χ2v) is 12.7. The number of sulfone groups is 1. The van der Waals surface area contributed by atoms with Crippen LogP contribution in [0.3, 0.4) is 0 Å². The molecule has 2 aliphatic rings. The summed E-state index contributed by atoms with van der Waals surface area (Å²) in [6.07, 6.45) is 1.38. The van der Waals surface area contributed by atoms with Gasteiger partial charge in [0, 0.05) is 24.0 Å². The van der Waals surface area contributed by atoms with Crippen molar-refractivity contribution in [3.8, 4) is 5.75 Å². The summed E-state index contributed by atoms with van der Waals surface area (Å²) in [5.41, 5.74) is 2.16. The standard InChI is InChI=1S/C27H34ClNO5S/c1-18(2)24-14-20(23-9-4-5-10-25(23)28)15-34-27(24)19-7-6-8-22(13-19)33-16-26(30)29(3)21-11-12-35(31,32)17-21/h4-10,13,18,20-21,24,27H,11-12,14-17H2,1-3H3/t20-,21?,24-,27-/m0/s1. The van der Waals surface area contributed by atoms with Gasteiger partial charge < -0.3 is 14.4 Å². The van der Waals surface area contributed by atoms with Gasteiger partial charge in [-0.3, -0.25) is 4.79 Å². The Kier molecular flexibility index (Phi) is 8.09. The number of carbonyl (C=O) groups is 1. The number of nitrogens with zero attached hydrogens (tertiary/aromatic N) is 1. The molecular weight excluding hydrogens is 486 g/mol. The molecule has 2 aliphatic heterocycles. The Morgan fingerprint density at radius 3 is 2.66 bits per heavy atom. The molecule has 2 heterocycles. The quantitative estimate of drug-likeness (QED) is 0.521. The number of halogens is 1. The Balaban J connectivity index is 1.41. The first-order valence-electron chi connectivity index (χ1n) is 12.2. The third-order valence-corrected chi connectivity index (χ3v) is 9.42. The number of amides is 1. The van der Waals surface area contributed by atoms with Gasteiger partial charge >= 0.3 is 0 Å². The molecule has 0 aromatic heterocycles. The third kappa shape index (κ3) is 6.19. The Bertz CT molecular complexity index is 1150. The van der Waals surface area contributed by atoms with Crippen molar-refractivity contribution in [3.05, 3.63) is 64.7 Å². The Morgan fingerprint density at radius 2 is 1.97 bits per heavy atom. The van der Waals surface area contributed by atoms with Crippen LogP contribution in [0.4, 0.5) is 0 Å². The summed E-state index contributed by atoms with van der Waals surface area (Å²) in [7, 11) is -1.41. The van der Waals surface area contributed by atoms with Gasteiger partial charge in [-0.1, -0.05) is 55.8 Å². The van der Waals surface area contributed by atoms with Gasteiger partial charge in [0.1, 0.15) is 5.75 Å². The molecule has 1 amide bonds. The first-order chi connectivity index (χ1) is 16.6. The zero-order chi connectivity index (χ0) is 25.2. The van der Waals surface area contributed by atoms with Gasteiger partial charge in [0.15, 0.2) is 16.4 Å². The molecule has 2 aromatic carbocycles. The Morgan fingerprint density at radius 1 is 1.20 bits per heavy atom. The van der Waals surface area contributed by atoms with Crippen LogP contribution >= 0.6 is 11.6 Å². The minimum absolute atomic E-state index is 0.0233. The largest absolute Gasteiger partial charge is 0.484 e. The SMILES string of the molecule is CC(C)[C@@H]1C[C@H](c2ccccc2Cl)CO[C@H]1c1cccc(OCC(=O)N(C)C2CCS(=O)(=O)C2)c1. The molecule has 0 N–H and O–H groups in total. The third-order valence-electron chi connectivity index (χ3n) is 7.32. The van der Waals surface area contributed by atoms with E-state index in [4.69, 9.17) is 21.1 Å². The number of carbonyl (C=O) groups excluding carboxylic acids is 1. The summed E-state index contributed by atoms with van der Waals surface area (Å²) in [4.78, 5) is 14.1. The van der Waals surface area contributed by atoms with Crippen molar-refractivity contribution in [2.45, 2.75) is 44.8 Å². The second kappa shape index (κ2) is 10.9. The van der Waals surface area contributed by atoms with Crippen LogP contribution in [-0.4, -0.2) is 57.0 Å². The molecule has 1 unspecified atom stereocenters. The zero-order valence-corrected chi connectivity index (χ0v) is 22.1. The molecular formula is C27H34ClNO5S. The normalized spacial score (nSPS) is 26.0. The fourth-order valence-corrected chi connectivity index (χ4v) is 7.23. The smallest absolute Gasteiger partial charge is 0.260 e. The molecule has 2 aromatic rings. The van der Waals surface area contributed by atoms with E-state index < -0.39 is 9.84 Å². The van der Waals surface area contributed by atoms with Crippen LogP contribution in [-0.2, 0) is 19.4 Å².